The van der Waals surface area contributed by atoms with E-state index < -0.39 is 28.6 Å². The number of aryl methyl sites for hydroxylation is 2. The van der Waals surface area contributed by atoms with Crippen LogP contribution in [0.25, 0.3) is 0 Å². The van der Waals surface area contributed by atoms with Crippen LogP contribution in [0.15, 0.2) is 30.9 Å². The van der Waals surface area contributed by atoms with E-state index in [2.05, 4.69) is 6.58 Å². The van der Waals surface area contributed by atoms with E-state index in [1.165, 1.54) is 16.7 Å². The van der Waals surface area contributed by atoms with Gasteiger partial charge in [-0.25, -0.2) is 0 Å². The van der Waals surface area contributed by atoms with Crippen LogP contribution in [-0.2, 0) is 14.4 Å². The molecule has 1 aromatic carbocycles. The third kappa shape index (κ3) is 3.03. The van der Waals surface area contributed by atoms with Crippen LogP contribution < -0.4 is 4.90 Å². The van der Waals surface area contributed by atoms with Crippen molar-refractivity contribution in [2.75, 3.05) is 24.6 Å². The number of rotatable bonds is 7. The Morgan fingerprint density at radius 2 is 2.00 bits per heavy atom. The SMILES string of the molecule is C=CCN(C(=O)C1N(CCO)C(=O)[C@@H]2[C@H](C(=O)O)[C@@H]3CC(C)C12S3)c1c(C)cccc1C. The van der Waals surface area contributed by atoms with Gasteiger partial charge in [0.1, 0.15) is 6.04 Å². The fourth-order valence-corrected chi connectivity index (χ4v) is 8.64. The molecule has 172 valence electrons. The van der Waals surface area contributed by atoms with Gasteiger partial charge in [-0.05, 0) is 37.3 Å². The van der Waals surface area contributed by atoms with E-state index in [1.54, 1.807) is 11.0 Å². The van der Waals surface area contributed by atoms with Crippen molar-refractivity contribution in [3.05, 3.63) is 42.0 Å². The third-order valence-corrected chi connectivity index (χ3v) is 9.47. The Labute approximate surface area is 192 Å². The number of amides is 2. The molecule has 3 aliphatic heterocycles. The smallest absolute Gasteiger partial charge is 0.308 e. The van der Waals surface area contributed by atoms with Crippen molar-refractivity contribution in [2.24, 2.45) is 17.8 Å². The Morgan fingerprint density at radius 1 is 1.34 bits per heavy atom. The van der Waals surface area contributed by atoms with E-state index in [9.17, 15) is 24.6 Å². The summed E-state index contributed by atoms with van der Waals surface area (Å²) in [6.07, 6.45) is 2.32. The topological polar surface area (TPSA) is 98.2 Å². The van der Waals surface area contributed by atoms with Gasteiger partial charge in [-0.2, -0.15) is 0 Å². The number of para-hydroxylation sites is 1. The van der Waals surface area contributed by atoms with E-state index in [4.69, 9.17) is 0 Å². The molecule has 2 bridgehead atoms. The number of anilines is 1. The van der Waals surface area contributed by atoms with E-state index in [0.29, 0.717) is 6.42 Å². The molecule has 1 aromatic rings. The highest BCUT2D eigenvalue weighted by molar-refractivity contribution is 8.02. The van der Waals surface area contributed by atoms with Gasteiger partial charge >= 0.3 is 5.97 Å². The lowest BCUT2D eigenvalue weighted by atomic mass is 9.66. The van der Waals surface area contributed by atoms with Crippen LogP contribution in [0.2, 0.25) is 0 Å². The molecule has 3 unspecified atom stereocenters. The molecular formula is C24H30N2O5S. The minimum absolute atomic E-state index is 0.00300. The van der Waals surface area contributed by atoms with Gasteiger partial charge in [0.15, 0.2) is 0 Å². The lowest BCUT2D eigenvalue weighted by Crippen LogP contribution is -2.57. The highest BCUT2D eigenvalue weighted by Gasteiger charge is 2.76. The first-order valence-corrected chi connectivity index (χ1v) is 11.9. The zero-order valence-corrected chi connectivity index (χ0v) is 19.5. The molecule has 2 N–H and O–H groups in total. The summed E-state index contributed by atoms with van der Waals surface area (Å²) < 4.78 is -0.812. The van der Waals surface area contributed by atoms with Crippen molar-refractivity contribution in [3.8, 4) is 0 Å². The molecule has 8 heteroatoms. The summed E-state index contributed by atoms with van der Waals surface area (Å²) in [6, 6.07) is 4.99. The van der Waals surface area contributed by atoms with Gasteiger partial charge in [-0.3, -0.25) is 14.4 Å². The maximum atomic E-state index is 14.3. The van der Waals surface area contributed by atoms with Gasteiger partial charge in [0.05, 0.1) is 23.2 Å². The molecule has 2 amide bonds. The van der Waals surface area contributed by atoms with Crippen molar-refractivity contribution in [2.45, 2.75) is 43.2 Å². The largest absolute Gasteiger partial charge is 0.481 e. The average Bonchev–Trinajstić information content (AvgIpc) is 3.31. The number of aliphatic carboxylic acids is 1. The molecule has 3 fully saturated rings. The molecule has 0 aliphatic carbocycles. The maximum Gasteiger partial charge on any atom is 0.308 e. The monoisotopic (exact) mass is 458 g/mol. The van der Waals surface area contributed by atoms with Gasteiger partial charge in [0.25, 0.3) is 5.91 Å². The Balaban J connectivity index is 1.85. The number of aliphatic hydroxyl groups excluding tert-OH is 1. The molecule has 1 spiro atoms. The number of carbonyl (C=O) groups is 3. The number of β-amino-alcohol motifs (C(OH)–C–C–N with tert-alkyl or cyclic N) is 1. The minimum atomic E-state index is -0.982. The minimum Gasteiger partial charge on any atom is -0.481 e. The summed E-state index contributed by atoms with van der Waals surface area (Å²) in [6.45, 7) is 9.72. The number of nitrogens with zero attached hydrogens (tertiary/aromatic N) is 2. The van der Waals surface area contributed by atoms with Gasteiger partial charge in [-0.1, -0.05) is 31.2 Å². The number of hydrogen-bond donors (Lipinski definition) is 2. The number of fused-ring (bicyclic) bond motifs is 1. The highest BCUT2D eigenvalue weighted by atomic mass is 32.2. The number of likely N-dealkylation sites (tertiary alicyclic amines) is 1. The summed E-state index contributed by atoms with van der Waals surface area (Å²) >= 11 is 1.50. The lowest BCUT2D eigenvalue weighted by Gasteiger charge is -2.40. The predicted octanol–water partition coefficient (Wildman–Crippen LogP) is 2.24. The van der Waals surface area contributed by atoms with Gasteiger partial charge in [-0.15, -0.1) is 18.3 Å². The molecule has 4 rings (SSSR count). The maximum absolute atomic E-state index is 14.3. The molecule has 3 heterocycles. The fraction of sp³-hybridized carbons (Fsp3) is 0.542. The molecule has 0 saturated carbocycles. The van der Waals surface area contributed by atoms with Crippen LogP contribution in [0.4, 0.5) is 5.69 Å². The Morgan fingerprint density at radius 3 is 2.56 bits per heavy atom. The zero-order chi connectivity index (χ0) is 23.4. The molecular weight excluding hydrogens is 428 g/mol. The number of carbonyl (C=O) groups excluding carboxylic acids is 2. The first kappa shape index (κ1) is 22.9. The van der Waals surface area contributed by atoms with Crippen molar-refractivity contribution in [1.29, 1.82) is 0 Å². The van der Waals surface area contributed by atoms with Crippen molar-refractivity contribution in [3.63, 3.8) is 0 Å². The molecule has 3 aliphatic rings. The Kier molecular flexibility index (Phi) is 5.88. The van der Waals surface area contributed by atoms with Gasteiger partial charge < -0.3 is 20.0 Å². The second kappa shape index (κ2) is 8.23. The molecule has 3 saturated heterocycles. The molecule has 0 aromatic heterocycles. The van der Waals surface area contributed by atoms with E-state index >= 15 is 0 Å². The predicted molar refractivity (Wildman–Crippen MR) is 124 cm³/mol. The summed E-state index contributed by atoms with van der Waals surface area (Å²) in [5.41, 5.74) is 2.66. The summed E-state index contributed by atoms with van der Waals surface area (Å²) in [5.74, 6) is -3.12. The number of hydrogen-bond acceptors (Lipinski definition) is 5. The first-order chi connectivity index (χ1) is 15.2. The van der Waals surface area contributed by atoms with E-state index in [-0.39, 0.29) is 42.7 Å². The van der Waals surface area contributed by atoms with Gasteiger partial charge in [0, 0.05) is 24.0 Å². The Hall–Kier alpha value is -2.32. The molecule has 6 atom stereocenters. The van der Waals surface area contributed by atoms with E-state index in [1.807, 2.05) is 39.0 Å². The van der Waals surface area contributed by atoms with Crippen molar-refractivity contribution < 1.29 is 24.6 Å². The highest BCUT2D eigenvalue weighted by Crippen LogP contribution is 2.68. The van der Waals surface area contributed by atoms with Crippen LogP contribution in [0, 0.1) is 31.6 Å². The number of carboxylic acids is 1. The third-order valence-electron chi connectivity index (χ3n) is 7.39. The molecule has 32 heavy (non-hydrogen) atoms. The van der Waals surface area contributed by atoms with Crippen LogP contribution in [0.1, 0.15) is 24.5 Å². The lowest BCUT2D eigenvalue weighted by molar-refractivity contribution is -0.149. The number of aliphatic hydroxyl groups is 1. The zero-order valence-electron chi connectivity index (χ0n) is 18.7. The van der Waals surface area contributed by atoms with Crippen molar-refractivity contribution in [1.82, 2.24) is 4.90 Å². The Bertz CT molecular complexity index is 961. The number of benzene rings is 1. The van der Waals surface area contributed by atoms with Gasteiger partial charge in [0.2, 0.25) is 5.91 Å². The summed E-state index contributed by atoms with van der Waals surface area (Å²) in [4.78, 5) is 43.0. The van der Waals surface area contributed by atoms with Crippen LogP contribution >= 0.6 is 11.8 Å². The molecule has 7 nitrogen and oxygen atoms in total. The quantitative estimate of drug-likeness (QED) is 0.608. The second-order valence-corrected chi connectivity index (χ2v) is 10.7. The van der Waals surface area contributed by atoms with Crippen LogP contribution in [0.3, 0.4) is 0 Å². The molecule has 0 radical (unpaired) electrons. The summed E-state index contributed by atoms with van der Waals surface area (Å²) in [5, 5.41) is 19.4. The first-order valence-electron chi connectivity index (χ1n) is 11.0. The second-order valence-electron chi connectivity index (χ2n) is 9.12. The van der Waals surface area contributed by atoms with Crippen LogP contribution in [0.5, 0.6) is 0 Å². The van der Waals surface area contributed by atoms with E-state index in [0.717, 1.165) is 16.8 Å². The van der Waals surface area contributed by atoms with Crippen molar-refractivity contribution >= 4 is 35.2 Å². The summed E-state index contributed by atoms with van der Waals surface area (Å²) in [7, 11) is 0. The fourth-order valence-electron chi connectivity index (χ4n) is 6.23. The number of carboxylic acid groups (broad SMARTS) is 1. The van der Waals surface area contributed by atoms with Crippen LogP contribution in [-0.4, -0.2) is 68.6 Å². The normalized spacial score (nSPS) is 32.8. The standard InChI is InChI=1S/C24H30N2O5S/c1-5-9-25(19-13(2)7-6-8-14(19)3)22(29)20-24-15(4)12-16(32-24)17(23(30)31)18(24)21(28)26(20)10-11-27/h5-8,15-18,20,27H,1,9-12H2,2-4H3,(H,30,31)/t15?,16-,17+,18-,20?,24?/m0/s1. The average molecular weight is 459 g/mol. The number of thioether (sulfide) groups is 1.